The maximum absolute atomic E-state index is 12.2. The normalized spacial score (nSPS) is 11.0. The van der Waals surface area contributed by atoms with E-state index in [-0.39, 0.29) is 5.91 Å². The quantitative estimate of drug-likeness (QED) is 0.541. The molecule has 0 unspecified atom stereocenters. The highest BCUT2D eigenvalue weighted by Crippen LogP contribution is 2.28. The first-order valence-corrected chi connectivity index (χ1v) is 8.16. The fraction of sp³-hybridized carbons (Fsp3) is 0. The highest BCUT2D eigenvalue weighted by atomic mass is 16.5. The molecule has 0 fully saturated rings. The molecule has 7 heteroatoms. The Hall–Kier alpha value is -4.00. The Kier molecular flexibility index (Phi) is 4.57. The van der Waals surface area contributed by atoms with Gasteiger partial charge in [-0.3, -0.25) is 9.78 Å². The number of aromatic nitrogens is 3. The summed E-state index contributed by atoms with van der Waals surface area (Å²) in [5, 5.41) is 6.82. The van der Waals surface area contributed by atoms with Gasteiger partial charge in [0, 0.05) is 24.0 Å². The molecule has 1 aromatic carbocycles. The van der Waals surface area contributed by atoms with Crippen molar-refractivity contribution >= 4 is 17.7 Å². The molecule has 0 aliphatic carbocycles. The zero-order valence-corrected chi connectivity index (χ0v) is 14.1. The van der Waals surface area contributed by atoms with Gasteiger partial charge < -0.3 is 14.3 Å². The lowest BCUT2D eigenvalue weighted by atomic mass is 10.1. The molecule has 4 aromatic rings. The van der Waals surface area contributed by atoms with Gasteiger partial charge in [-0.1, -0.05) is 17.3 Å². The van der Waals surface area contributed by atoms with Crippen LogP contribution in [-0.4, -0.2) is 21.0 Å². The summed E-state index contributed by atoms with van der Waals surface area (Å²) in [6, 6.07) is 14.3. The van der Waals surface area contributed by atoms with E-state index in [0.717, 1.165) is 5.56 Å². The molecule has 3 aromatic heterocycles. The van der Waals surface area contributed by atoms with Crippen molar-refractivity contribution in [1.82, 2.24) is 15.1 Å². The third kappa shape index (κ3) is 3.82. The molecule has 0 radical (unpaired) electrons. The molecular weight excluding hydrogens is 344 g/mol. The number of para-hydroxylation sites is 1. The van der Waals surface area contributed by atoms with E-state index < -0.39 is 0 Å². The number of nitrogens with zero attached hydrogens (tertiary/aromatic N) is 3. The first-order chi connectivity index (χ1) is 13.3. The summed E-state index contributed by atoms with van der Waals surface area (Å²) in [7, 11) is 0. The summed E-state index contributed by atoms with van der Waals surface area (Å²) >= 11 is 0. The van der Waals surface area contributed by atoms with Gasteiger partial charge in [0.25, 0.3) is 5.89 Å². The number of amides is 1. The summed E-state index contributed by atoms with van der Waals surface area (Å²) in [6.07, 6.45) is 7.84. The zero-order valence-electron chi connectivity index (χ0n) is 14.1. The van der Waals surface area contributed by atoms with Crippen LogP contribution in [0.2, 0.25) is 0 Å². The van der Waals surface area contributed by atoms with Gasteiger partial charge in [-0.25, -0.2) is 0 Å². The molecule has 0 aliphatic heterocycles. The topological polar surface area (TPSA) is 94.1 Å². The standard InChI is InChI=1S/C20H14N4O3/c25-18(8-7-15-4-3-13-26-15)22-17-6-2-1-5-16(17)20-23-19(24-27-20)14-9-11-21-12-10-14/h1-13H,(H,22,25). The summed E-state index contributed by atoms with van der Waals surface area (Å²) in [5.41, 5.74) is 1.99. The molecule has 7 nitrogen and oxygen atoms in total. The lowest BCUT2D eigenvalue weighted by Gasteiger charge is -2.06. The van der Waals surface area contributed by atoms with Gasteiger partial charge in [0.05, 0.1) is 17.5 Å². The number of hydrogen-bond acceptors (Lipinski definition) is 6. The second kappa shape index (κ2) is 7.49. The van der Waals surface area contributed by atoms with Gasteiger partial charge in [0.1, 0.15) is 5.76 Å². The van der Waals surface area contributed by atoms with Crippen molar-refractivity contribution in [2.75, 3.05) is 5.32 Å². The molecule has 4 rings (SSSR count). The number of nitrogens with one attached hydrogen (secondary N) is 1. The maximum Gasteiger partial charge on any atom is 0.260 e. The molecule has 1 amide bonds. The SMILES string of the molecule is O=C(C=Cc1ccco1)Nc1ccccc1-c1nc(-c2ccncc2)no1. The van der Waals surface area contributed by atoms with E-state index in [1.165, 1.54) is 6.08 Å². The Bertz CT molecular complexity index is 1070. The summed E-state index contributed by atoms with van der Waals surface area (Å²) in [4.78, 5) is 20.6. The van der Waals surface area contributed by atoms with E-state index >= 15 is 0 Å². The number of furan rings is 1. The third-order valence-corrected chi connectivity index (χ3v) is 3.72. The lowest BCUT2D eigenvalue weighted by Crippen LogP contribution is -2.08. The largest absolute Gasteiger partial charge is 0.465 e. The highest BCUT2D eigenvalue weighted by Gasteiger charge is 2.14. The van der Waals surface area contributed by atoms with Crippen LogP contribution in [0.15, 0.2) is 82.2 Å². The maximum atomic E-state index is 12.2. The predicted molar refractivity (Wildman–Crippen MR) is 99.3 cm³/mol. The van der Waals surface area contributed by atoms with E-state index in [1.807, 2.05) is 12.1 Å². The van der Waals surface area contributed by atoms with Gasteiger partial charge in [0.15, 0.2) is 0 Å². The van der Waals surface area contributed by atoms with Crippen LogP contribution in [0.4, 0.5) is 5.69 Å². The summed E-state index contributed by atoms with van der Waals surface area (Å²) in [5.74, 6) is 1.06. The van der Waals surface area contributed by atoms with Gasteiger partial charge >= 0.3 is 0 Å². The van der Waals surface area contributed by atoms with Crippen LogP contribution in [0, 0.1) is 0 Å². The van der Waals surface area contributed by atoms with Crippen molar-refractivity contribution in [1.29, 1.82) is 0 Å². The van der Waals surface area contributed by atoms with Crippen LogP contribution >= 0.6 is 0 Å². The van der Waals surface area contributed by atoms with Crippen molar-refractivity contribution in [2.45, 2.75) is 0 Å². The fourth-order valence-corrected chi connectivity index (χ4v) is 2.45. The smallest absolute Gasteiger partial charge is 0.260 e. The number of pyridine rings is 1. The minimum absolute atomic E-state index is 0.298. The highest BCUT2D eigenvalue weighted by molar-refractivity contribution is 6.03. The number of rotatable bonds is 5. The molecular formula is C20H14N4O3. The molecule has 0 saturated heterocycles. The van der Waals surface area contributed by atoms with E-state index in [2.05, 4.69) is 20.4 Å². The molecule has 0 atom stereocenters. The van der Waals surface area contributed by atoms with Crippen LogP contribution in [0.3, 0.4) is 0 Å². The minimum Gasteiger partial charge on any atom is -0.465 e. The van der Waals surface area contributed by atoms with Crippen molar-refractivity contribution in [2.24, 2.45) is 0 Å². The molecule has 3 heterocycles. The van der Waals surface area contributed by atoms with E-state index in [1.54, 1.807) is 61.1 Å². The summed E-state index contributed by atoms with van der Waals surface area (Å²) in [6.45, 7) is 0. The van der Waals surface area contributed by atoms with E-state index in [0.29, 0.717) is 28.7 Å². The Morgan fingerprint density at radius 3 is 2.70 bits per heavy atom. The van der Waals surface area contributed by atoms with E-state index in [4.69, 9.17) is 8.94 Å². The fourth-order valence-electron chi connectivity index (χ4n) is 2.45. The van der Waals surface area contributed by atoms with Crippen LogP contribution in [-0.2, 0) is 4.79 Å². The molecule has 0 saturated carbocycles. The van der Waals surface area contributed by atoms with Crippen molar-refractivity contribution < 1.29 is 13.7 Å². The Morgan fingerprint density at radius 2 is 1.89 bits per heavy atom. The first-order valence-electron chi connectivity index (χ1n) is 8.16. The second-order valence-corrected chi connectivity index (χ2v) is 5.54. The molecule has 132 valence electrons. The number of hydrogen-bond donors (Lipinski definition) is 1. The number of carbonyl (C=O) groups excluding carboxylic acids is 1. The second-order valence-electron chi connectivity index (χ2n) is 5.54. The molecule has 0 bridgehead atoms. The van der Waals surface area contributed by atoms with Gasteiger partial charge in [-0.15, -0.1) is 0 Å². The van der Waals surface area contributed by atoms with Gasteiger partial charge in [0.2, 0.25) is 11.7 Å². The van der Waals surface area contributed by atoms with Crippen LogP contribution in [0.1, 0.15) is 5.76 Å². The average Bonchev–Trinajstić information content (AvgIpc) is 3.40. The molecule has 0 aliphatic rings. The minimum atomic E-state index is -0.298. The van der Waals surface area contributed by atoms with Gasteiger partial charge in [-0.05, 0) is 42.5 Å². The predicted octanol–water partition coefficient (Wildman–Crippen LogP) is 4.04. The van der Waals surface area contributed by atoms with E-state index in [9.17, 15) is 4.79 Å². The zero-order chi connectivity index (χ0) is 18.5. The lowest BCUT2D eigenvalue weighted by molar-refractivity contribution is -0.111. The number of anilines is 1. The summed E-state index contributed by atoms with van der Waals surface area (Å²) < 4.78 is 10.5. The number of benzene rings is 1. The Labute approximate surface area is 154 Å². The van der Waals surface area contributed by atoms with Crippen LogP contribution in [0.25, 0.3) is 28.9 Å². The van der Waals surface area contributed by atoms with Crippen molar-refractivity contribution in [3.8, 4) is 22.8 Å². The molecule has 27 heavy (non-hydrogen) atoms. The first kappa shape index (κ1) is 16.5. The van der Waals surface area contributed by atoms with Gasteiger partial charge in [-0.2, -0.15) is 4.98 Å². The molecule has 1 N–H and O–H groups in total. The third-order valence-electron chi connectivity index (χ3n) is 3.72. The Morgan fingerprint density at radius 1 is 1.04 bits per heavy atom. The van der Waals surface area contributed by atoms with Crippen LogP contribution in [0.5, 0.6) is 0 Å². The number of carbonyl (C=O) groups is 1. The monoisotopic (exact) mass is 358 g/mol. The van der Waals surface area contributed by atoms with Crippen LogP contribution < -0.4 is 5.32 Å². The van der Waals surface area contributed by atoms with Crippen molar-refractivity contribution in [3.63, 3.8) is 0 Å². The molecule has 0 spiro atoms. The van der Waals surface area contributed by atoms with Crippen molar-refractivity contribution in [3.05, 3.63) is 79.0 Å². The Balaban J connectivity index is 1.56. The average molecular weight is 358 g/mol.